The zero-order chi connectivity index (χ0) is 95.6. The van der Waals surface area contributed by atoms with Crippen LogP contribution in [0.1, 0.15) is 362 Å². The van der Waals surface area contributed by atoms with E-state index < -0.39 is 0 Å². The number of hydrogen-bond donors (Lipinski definition) is 0. The minimum absolute atomic E-state index is 0.0340. The quantitative estimate of drug-likeness (QED) is 0.127. The number of aromatic nitrogens is 8. The van der Waals surface area contributed by atoms with E-state index in [1.807, 2.05) is 0 Å². The molecule has 24 rings (SSSR count). The van der Waals surface area contributed by atoms with Gasteiger partial charge >= 0.3 is 0 Å². The lowest BCUT2D eigenvalue weighted by molar-refractivity contribution is 0.403. The Labute approximate surface area is 797 Å². The molecule has 0 unspecified atom stereocenters. The van der Waals surface area contributed by atoms with Crippen molar-refractivity contribution in [2.75, 3.05) is 0 Å². The first kappa shape index (κ1) is 89.8. The molecule has 8 nitrogen and oxygen atoms in total. The molecule has 8 heterocycles. The molecule has 8 aromatic heterocycles. The summed E-state index contributed by atoms with van der Waals surface area (Å²) in [6.45, 7) is 76.2. The molecule has 0 saturated carbocycles. The molecule has 0 amide bonds. The summed E-state index contributed by atoms with van der Waals surface area (Å²) >= 11 is 0. The van der Waals surface area contributed by atoms with E-state index in [-0.39, 0.29) is 86.6 Å². The summed E-state index contributed by atoms with van der Waals surface area (Å²) < 4.78 is 0. The van der Waals surface area contributed by atoms with Crippen LogP contribution in [-0.4, -0.2) is 39.9 Å². The van der Waals surface area contributed by atoms with Crippen LogP contribution in [0.25, 0.3) is 131 Å². The molecule has 0 fully saturated rings. The average Bonchev–Trinajstić information content (AvgIpc) is 1.52. The fraction of sp³-hybridized carbons (Fsp3) is 0.444. The molecular weight excluding hydrogens is 1630 g/mol. The van der Waals surface area contributed by atoms with Crippen molar-refractivity contribution in [3.63, 3.8) is 0 Å². The zero-order valence-corrected chi connectivity index (χ0v) is 86.6. The molecule has 134 heavy (non-hydrogen) atoms. The highest BCUT2D eigenvalue weighted by Crippen LogP contribution is 2.62. The number of rotatable bonds is 3. The molecule has 8 heteroatoms. The number of benzene rings is 8. The van der Waals surface area contributed by atoms with Gasteiger partial charge in [-0.25, -0.2) is 0 Å². The van der Waals surface area contributed by atoms with Gasteiger partial charge in [0, 0.05) is 98.2 Å². The highest BCUT2D eigenvalue weighted by atomic mass is 14.8. The van der Waals surface area contributed by atoms with E-state index in [1.54, 1.807) is 0 Å². The Hall–Kier alpha value is -10.7. The van der Waals surface area contributed by atoms with Crippen LogP contribution in [0.3, 0.4) is 0 Å². The van der Waals surface area contributed by atoms with Gasteiger partial charge in [-0.15, -0.1) is 0 Å². The van der Waals surface area contributed by atoms with E-state index in [9.17, 15) is 0 Å². The smallest absolute Gasteiger partial charge is 0.0967 e. The summed E-state index contributed by atoms with van der Waals surface area (Å²) in [7, 11) is 0. The normalized spacial score (nSPS) is 21.3. The Morgan fingerprint density at radius 2 is 0.373 bits per heavy atom. The third-order valence-electron chi connectivity index (χ3n) is 34.3. The highest BCUT2D eigenvalue weighted by Gasteiger charge is 2.52. The van der Waals surface area contributed by atoms with Gasteiger partial charge in [0.15, 0.2) is 0 Å². The lowest BCUT2D eigenvalue weighted by Gasteiger charge is -2.25. The van der Waals surface area contributed by atoms with E-state index >= 15 is 0 Å². The average molecular weight is 1770 g/mol. The second-order valence-corrected chi connectivity index (χ2v) is 53.3. The largest absolute Gasteiger partial charge is 0.256 e. The SMILES string of the molecule is CC1(C)CC(C)(C)c2c1cnc1c(-c3cc(-c4ccccc4)cc(-c4ccccc4)c3)c3ncc4c(c3cc21)C(C)(C)CC4(C)C.CC1(C)CC(C)(C)c2c1cnc1c2ccc2c3c(cnc21)C(C)(C)CC3(C)C.CC1(C)CC(C)(C)c2c1cnc1cc3cc4c5c(cnc4cc3cc21)C(C)(C)CC5(C)C.CC1(C)CC(C)(C)c2c1cnc1cc3ncc4c(c3cc21)C(C)(C)CC4(C)C. The molecule has 0 atom stereocenters. The van der Waals surface area contributed by atoms with Crippen LogP contribution in [0.4, 0.5) is 0 Å². The highest BCUT2D eigenvalue weighted by molar-refractivity contribution is 6.14. The van der Waals surface area contributed by atoms with E-state index in [2.05, 4.69) is 405 Å². The van der Waals surface area contributed by atoms with Crippen LogP contribution in [0.5, 0.6) is 0 Å². The van der Waals surface area contributed by atoms with Crippen LogP contribution in [0.15, 0.2) is 183 Å². The summed E-state index contributed by atoms with van der Waals surface area (Å²) in [4.78, 5) is 40.4. The summed E-state index contributed by atoms with van der Waals surface area (Å²) in [6, 6.07) is 49.7. The second kappa shape index (κ2) is 28.5. The summed E-state index contributed by atoms with van der Waals surface area (Å²) in [5.41, 5.74) is 41.1. The van der Waals surface area contributed by atoms with Crippen molar-refractivity contribution in [2.24, 2.45) is 0 Å². The van der Waals surface area contributed by atoms with Crippen LogP contribution in [0, 0.1) is 0 Å². The maximum absolute atomic E-state index is 5.36. The van der Waals surface area contributed by atoms with Crippen LogP contribution in [0.2, 0.25) is 0 Å². The number of nitrogens with zero attached hydrogens (tertiary/aromatic N) is 8. The predicted molar refractivity (Wildman–Crippen MR) is 567 cm³/mol. The van der Waals surface area contributed by atoms with Gasteiger partial charge in [0.2, 0.25) is 0 Å². The van der Waals surface area contributed by atoms with Crippen molar-refractivity contribution in [3.05, 3.63) is 272 Å². The minimum Gasteiger partial charge on any atom is -0.256 e. The lowest BCUT2D eigenvalue weighted by atomic mass is 9.79. The van der Waals surface area contributed by atoms with Crippen molar-refractivity contribution in [1.29, 1.82) is 0 Å². The Bertz CT molecular complexity index is 7330. The Morgan fingerprint density at radius 1 is 0.164 bits per heavy atom. The molecule has 0 radical (unpaired) electrons. The molecule has 0 N–H and O–H groups in total. The maximum Gasteiger partial charge on any atom is 0.0967 e. The van der Waals surface area contributed by atoms with E-state index in [4.69, 9.17) is 39.9 Å². The third kappa shape index (κ3) is 13.7. The van der Waals surface area contributed by atoms with Gasteiger partial charge in [-0.2, -0.15) is 0 Å². The topological polar surface area (TPSA) is 103 Å². The summed E-state index contributed by atoms with van der Waals surface area (Å²) in [5.74, 6) is 0. The monoisotopic (exact) mass is 1770 g/mol. The molecule has 686 valence electrons. The fourth-order valence-corrected chi connectivity index (χ4v) is 31.3. The fourth-order valence-electron chi connectivity index (χ4n) is 31.3. The second-order valence-electron chi connectivity index (χ2n) is 53.3. The molecule has 0 spiro atoms. The van der Waals surface area contributed by atoms with Crippen molar-refractivity contribution in [2.45, 2.75) is 360 Å². The van der Waals surface area contributed by atoms with Gasteiger partial charge in [0.25, 0.3) is 0 Å². The molecular formula is C126H142N8. The lowest BCUT2D eigenvalue weighted by Crippen LogP contribution is -2.18. The molecule has 0 saturated heterocycles. The van der Waals surface area contributed by atoms with Crippen molar-refractivity contribution in [1.82, 2.24) is 39.9 Å². The van der Waals surface area contributed by atoms with Gasteiger partial charge in [0.1, 0.15) is 0 Å². The number of hydrogen-bond acceptors (Lipinski definition) is 8. The first-order valence-electron chi connectivity index (χ1n) is 50.1. The first-order valence-corrected chi connectivity index (χ1v) is 50.1. The Morgan fingerprint density at radius 3 is 0.642 bits per heavy atom. The van der Waals surface area contributed by atoms with Gasteiger partial charge in [-0.3, -0.25) is 39.9 Å². The van der Waals surface area contributed by atoms with Crippen molar-refractivity contribution < 1.29 is 0 Å². The Kier molecular flexibility index (Phi) is 19.1. The summed E-state index contributed by atoms with van der Waals surface area (Å²) in [5, 5.41) is 13.0. The van der Waals surface area contributed by atoms with Crippen LogP contribution < -0.4 is 0 Å². The predicted octanol–water partition coefficient (Wildman–Crippen LogP) is 33.0. The van der Waals surface area contributed by atoms with Gasteiger partial charge in [-0.05, 0) is 326 Å². The van der Waals surface area contributed by atoms with E-state index in [0.29, 0.717) is 0 Å². The molecule has 16 aromatic rings. The summed E-state index contributed by atoms with van der Waals surface area (Å²) in [6.07, 6.45) is 26.3. The van der Waals surface area contributed by atoms with E-state index in [0.717, 1.165) is 101 Å². The standard InChI is InChI=1S/C44H44N2.C30H34N2.2C26H32N2/c1-41(2)25-43(5,6)37-32-22-33-38-35(42(3,4)26-44(38,7)8)24-46-40(33)36(39(32)45-23-34(37)41)31-20-29(27-15-11-9-12-16-27)19-30(21-31)28-17-13-10-14-18-28;1-27(2)15-29(5,6)25-19-9-17-12-24-20(10-18(17)11-23(19)31-13-21(25)27)26-22(14-32-24)28(3,4)16-30(26,7)8;1-23(2)13-25(5,6)21-15-9-16-20(10-19(15)27-11-17(21)23)28-12-18-22(16)26(7,8)14-24(18,3)4;1-23(2)13-25(5,6)19-15-9-10-16-20-18(24(3,4)14-26(20,7)8)12-28-22(16)21(15)27-11-17(19)23/h9-24H,25-26H2,1-8H3;9-14H,15-16H2,1-8H3;2*9-12H,13-14H2,1-8H3. The first-order chi connectivity index (χ1) is 62.3. The van der Waals surface area contributed by atoms with Crippen LogP contribution >= 0.6 is 0 Å². The van der Waals surface area contributed by atoms with Gasteiger partial charge in [-0.1, -0.05) is 294 Å². The van der Waals surface area contributed by atoms with Gasteiger partial charge in [0.05, 0.1) is 44.1 Å². The molecule has 8 aliphatic rings. The molecule has 8 aliphatic carbocycles. The molecule has 0 aliphatic heterocycles. The molecule has 0 bridgehead atoms. The third-order valence-corrected chi connectivity index (χ3v) is 34.3. The number of pyridine rings is 8. The molecule has 8 aromatic carbocycles. The van der Waals surface area contributed by atoms with E-state index in [1.165, 1.54) is 171 Å². The minimum atomic E-state index is 0.0340. The Balaban J connectivity index is 0.000000110. The van der Waals surface area contributed by atoms with Gasteiger partial charge < -0.3 is 0 Å². The maximum atomic E-state index is 5.36. The van der Waals surface area contributed by atoms with Crippen molar-refractivity contribution in [3.8, 4) is 33.4 Å². The zero-order valence-electron chi connectivity index (χ0n) is 86.6. The number of fused-ring (bicyclic) bond motifs is 26. The van der Waals surface area contributed by atoms with Crippen LogP contribution in [-0.2, 0) is 86.6 Å². The van der Waals surface area contributed by atoms with Crippen molar-refractivity contribution >= 4 is 98.0 Å².